The quantitative estimate of drug-likeness (QED) is 0.668. The predicted octanol–water partition coefficient (Wildman–Crippen LogP) is 1.78. The van der Waals surface area contributed by atoms with Crippen LogP contribution in [0.4, 0.5) is 0 Å². The minimum atomic E-state index is -0.220. The maximum Gasteiger partial charge on any atom is 0.170 e. The van der Waals surface area contributed by atoms with E-state index in [2.05, 4.69) is 0 Å². The number of carbonyl (C=O) groups excluding carboxylic acids is 1. The van der Waals surface area contributed by atoms with Crippen LogP contribution in [-0.2, 0) is 9.47 Å². The van der Waals surface area contributed by atoms with Crippen molar-refractivity contribution in [3.8, 4) is 0 Å². The van der Waals surface area contributed by atoms with Gasteiger partial charge in [-0.25, -0.2) is 0 Å². The van der Waals surface area contributed by atoms with Crippen molar-refractivity contribution in [3.63, 3.8) is 0 Å². The molecule has 0 atom stereocenters. The zero-order valence-corrected chi connectivity index (χ0v) is 9.10. The van der Waals surface area contributed by atoms with E-state index in [1.807, 2.05) is 18.2 Å². The van der Waals surface area contributed by atoms with Crippen molar-refractivity contribution in [3.05, 3.63) is 35.9 Å². The van der Waals surface area contributed by atoms with Crippen LogP contribution in [-0.4, -0.2) is 33.2 Å². The van der Waals surface area contributed by atoms with Gasteiger partial charge in [0.2, 0.25) is 0 Å². The zero-order chi connectivity index (χ0) is 11.1. The maximum atomic E-state index is 12.0. The highest BCUT2D eigenvalue weighted by Gasteiger charge is 2.19. The van der Waals surface area contributed by atoms with Gasteiger partial charge in [0.15, 0.2) is 5.78 Å². The Morgan fingerprint density at radius 1 is 1.13 bits per heavy atom. The van der Waals surface area contributed by atoms with Crippen molar-refractivity contribution in [2.75, 3.05) is 27.4 Å². The van der Waals surface area contributed by atoms with E-state index in [1.165, 1.54) is 0 Å². The lowest BCUT2D eigenvalue weighted by atomic mass is 9.99. The lowest BCUT2D eigenvalue weighted by Gasteiger charge is -2.13. The van der Waals surface area contributed by atoms with Gasteiger partial charge in [-0.1, -0.05) is 30.3 Å². The molecule has 3 heteroatoms. The van der Waals surface area contributed by atoms with Gasteiger partial charge in [0.25, 0.3) is 0 Å². The second-order valence-electron chi connectivity index (χ2n) is 3.34. The van der Waals surface area contributed by atoms with E-state index in [9.17, 15) is 4.79 Å². The molecule has 0 aliphatic rings. The Hall–Kier alpha value is -1.19. The molecular formula is C12H16O3. The maximum absolute atomic E-state index is 12.0. The smallest absolute Gasteiger partial charge is 0.170 e. The van der Waals surface area contributed by atoms with Crippen LogP contribution in [0.3, 0.4) is 0 Å². The Morgan fingerprint density at radius 2 is 1.67 bits per heavy atom. The molecule has 0 bridgehead atoms. The molecular weight excluding hydrogens is 192 g/mol. The van der Waals surface area contributed by atoms with Crippen LogP contribution in [0, 0.1) is 5.92 Å². The monoisotopic (exact) mass is 208 g/mol. The van der Waals surface area contributed by atoms with E-state index in [-0.39, 0.29) is 11.7 Å². The summed E-state index contributed by atoms with van der Waals surface area (Å²) >= 11 is 0. The summed E-state index contributed by atoms with van der Waals surface area (Å²) < 4.78 is 10.00. The Bertz CT molecular complexity index is 289. The number of ether oxygens (including phenoxy) is 2. The first kappa shape index (κ1) is 11.9. The molecule has 82 valence electrons. The molecule has 15 heavy (non-hydrogen) atoms. The highest BCUT2D eigenvalue weighted by Crippen LogP contribution is 2.09. The summed E-state index contributed by atoms with van der Waals surface area (Å²) in [5, 5.41) is 0. The summed E-state index contributed by atoms with van der Waals surface area (Å²) in [6, 6.07) is 9.20. The molecule has 0 aliphatic heterocycles. The Labute approximate surface area is 90.0 Å². The van der Waals surface area contributed by atoms with Gasteiger partial charge in [-0.05, 0) is 0 Å². The average molecular weight is 208 g/mol. The van der Waals surface area contributed by atoms with Gasteiger partial charge in [-0.2, -0.15) is 0 Å². The predicted molar refractivity (Wildman–Crippen MR) is 58.0 cm³/mol. The normalized spacial score (nSPS) is 10.6. The SMILES string of the molecule is COCC(COC)C(=O)c1ccccc1. The van der Waals surface area contributed by atoms with Crippen LogP contribution >= 0.6 is 0 Å². The molecule has 0 unspecified atom stereocenters. The minimum Gasteiger partial charge on any atom is -0.384 e. The number of methoxy groups -OCH3 is 2. The third kappa shape index (κ3) is 3.46. The second-order valence-corrected chi connectivity index (χ2v) is 3.34. The van der Waals surface area contributed by atoms with Gasteiger partial charge in [-0.15, -0.1) is 0 Å². The first-order chi connectivity index (χ1) is 7.29. The summed E-state index contributed by atoms with van der Waals surface area (Å²) in [5.41, 5.74) is 0.705. The van der Waals surface area contributed by atoms with E-state index in [4.69, 9.17) is 9.47 Å². The second kappa shape index (κ2) is 6.32. The lowest BCUT2D eigenvalue weighted by molar-refractivity contribution is 0.0604. The van der Waals surface area contributed by atoms with Crippen LogP contribution in [0.25, 0.3) is 0 Å². The van der Waals surface area contributed by atoms with Gasteiger partial charge >= 0.3 is 0 Å². The Balaban J connectivity index is 2.71. The third-order valence-electron chi connectivity index (χ3n) is 2.16. The van der Waals surface area contributed by atoms with Crippen molar-refractivity contribution < 1.29 is 14.3 Å². The van der Waals surface area contributed by atoms with Crippen LogP contribution in [0.1, 0.15) is 10.4 Å². The molecule has 1 rings (SSSR count). The summed E-state index contributed by atoms with van der Waals surface area (Å²) in [6.45, 7) is 0.781. The van der Waals surface area contributed by atoms with Crippen LogP contribution in [0.2, 0.25) is 0 Å². The largest absolute Gasteiger partial charge is 0.384 e. The van der Waals surface area contributed by atoms with Crippen LogP contribution in [0.15, 0.2) is 30.3 Å². The first-order valence-electron chi connectivity index (χ1n) is 4.86. The number of carbonyl (C=O) groups is 1. The molecule has 0 fully saturated rings. The average Bonchev–Trinajstić information content (AvgIpc) is 2.29. The molecule has 0 aliphatic carbocycles. The molecule has 0 saturated heterocycles. The molecule has 1 aromatic carbocycles. The van der Waals surface area contributed by atoms with Gasteiger partial charge in [0.05, 0.1) is 19.1 Å². The van der Waals surface area contributed by atoms with Crippen molar-refractivity contribution in [1.29, 1.82) is 0 Å². The fraction of sp³-hybridized carbons (Fsp3) is 0.417. The molecule has 0 radical (unpaired) electrons. The zero-order valence-electron chi connectivity index (χ0n) is 9.10. The lowest BCUT2D eigenvalue weighted by Crippen LogP contribution is -2.24. The molecule has 0 aromatic heterocycles. The van der Waals surface area contributed by atoms with Crippen molar-refractivity contribution in [2.45, 2.75) is 0 Å². The Kier molecular flexibility index (Phi) is 5.01. The first-order valence-corrected chi connectivity index (χ1v) is 4.86. The molecule has 0 spiro atoms. The minimum absolute atomic E-state index is 0.0688. The van der Waals surface area contributed by atoms with E-state index in [0.29, 0.717) is 18.8 Å². The van der Waals surface area contributed by atoms with Crippen molar-refractivity contribution in [1.82, 2.24) is 0 Å². The van der Waals surface area contributed by atoms with E-state index >= 15 is 0 Å². The van der Waals surface area contributed by atoms with Gasteiger partial charge < -0.3 is 9.47 Å². The standard InChI is InChI=1S/C12H16O3/c1-14-8-11(9-15-2)12(13)10-6-4-3-5-7-10/h3-7,11H,8-9H2,1-2H3. The number of hydrogen-bond acceptors (Lipinski definition) is 3. The highest BCUT2D eigenvalue weighted by atomic mass is 16.5. The number of Topliss-reactive ketones (excluding diaryl/α,β-unsaturated/α-hetero) is 1. The molecule has 0 amide bonds. The number of hydrogen-bond donors (Lipinski definition) is 0. The number of benzene rings is 1. The van der Waals surface area contributed by atoms with E-state index < -0.39 is 0 Å². The summed E-state index contributed by atoms with van der Waals surface area (Å²) in [5.74, 6) is -0.151. The molecule has 0 N–H and O–H groups in total. The third-order valence-corrected chi connectivity index (χ3v) is 2.16. The van der Waals surface area contributed by atoms with E-state index in [1.54, 1.807) is 26.4 Å². The molecule has 3 nitrogen and oxygen atoms in total. The summed E-state index contributed by atoms with van der Waals surface area (Å²) in [7, 11) is 3.17. The van der Waals surface area contributed by atoms with Gasteiger partial charge in [0, 0.05) is 19.8 Å². The number of rotatable bonds is 6. The van der Waals surface area contributed by atoms with Gasteiger partial charge in [0.1, 0.15) is 0 Å². The van der Waals surface area contributed by atoms with E-state index in [0.717, 1.165) is 0 Å². The fourth-order valence-electron chi connectivity index (χ4n) is 1.44. The van der Waals surface area contributed by atoms with Gasteiger partial charge in [-0.3, -0.25) is 4.79 Å². The number of ketones is 1. The van der Waals surface area contributed by atoms with Crippen LogP contribution < -0.4 is 0 Å². The fourth-order valence-corrected chi connectivity index (χ4v) is 1.44. The molecule has 0 saturated carbocycles. The summed E-state index contributed by atoms with van der Waals surface area (Å²) in [6.07, 6.45) is 0. The molecule has 0 heterocycles. The van der Waals surface area contributed by atoms with Crippen molar-refractivity contribution >= 4 is 5.78 Å². The summed E-state index contributed by atoms with van der Waals surface area (Å²) in [4.78, 5) is 12.0. The highest BCUT2D eigenvalue weighted by molar-refractivity contribution is 5.98. The van der Waals surface area contributed by atoms with Crippen molar-refractivity contribution in [2.24, 2.45) is 5.92 Å². The van der Waals surface area contributed by atoms with Crippen LogP contribution in [0.5, 0.6) is 0 Å². The topological polar surface area (TPSA) is 35.5 Å². The molecule has 1 aromatic rings. The Morgan fingerprint density at radius 3 is 2.13 bits per heavy atom.